The molecule has 0 fully saturated rings. The van der Waals surface area contributed by atoms with Gasteiger partial charge in [0.2, 0.25) is 5.71 Å². The number of nitrogens with zero attached hydrogens (tertiary/aromatic N) is 2. The molecular formula is C58H38N2O. The third-order valence-corrected chi connectivity index (χ3v) is 12.4. The molecule has 3 heteroatoms. The smallest absolute Gasteiger partial charge is 0.231 e. The second-order valence-electron chi connectivity index (χ2n) is 16.0. The first-order valence-corrected chi connectivity index (χ1v) is 21.0. The molecule has 1 aliphatic rings. The van der Waals surface area contributed by atoms with Crippen LogP contribution in [0, 0.1) is 0 Å². The van der Waals surface area contributed by atoms with Crippen molar-refractivity contribution >= 4 is 49.7 Å². The van der Waals surface area contributed by atoms with E-state index in [9.17, 15) is 0 Å². The highest BCUT2D eigenvalue weighted by Crippen LogP contribution is 2.41. The lowest BCUT2D eigenvalue weighted by atomic mass is 9.86. The van der Waals surface area contributed by atoms with Crippen LogP contribution >= 0.6 is 0 Å². The molecule has 0 unspecified atom stereocenters. The van der Waals surface area contributed by atoms with Gasteiger partial charge in [-0.2, -0.15) is 4.98 Å². The van der Waals surface area contributed by atoms with Gasteiger partial charge in [-0.15, -0.1) is 0 Å². The quantitative estimate of drug-likeness (QED) is 0.158. The minimum Gasteiger partial charge on any atom is -0.438 e. The van der Waals surface area contributed by atoms with Gasteiger partial charge in [0.25, 0.3) is 0 Å². The standard InChI is InChI=1S/C58H38N2O/c1-3-13-37(14-4-1)39-25-27-40(28-26-39)56-55-52-32-30-45(42-18-11-17-41(33-42)38-15-5-2-6-16-38)36-54(52)61-58(55)60-57(59-56)46-20-12-19-43(34-46)44-29-31-51-49-23-8-7-21-47(49)48-22-9-10-24-50(48)53(51)35-44/h1-6,8-20,22-36H,7,21H2. The molecule has 2 aromatic heterocycles. The Hall–Kier alpha value is -7.88. The first-order valence-electron chi connectivity index (χ1n) is 21.0. The fraction of sp³-hybridized carbons (Fsp3) is 0.0345. The van der Waals surface area contributed by atoms with Crippen molar-refractivity contribution in [2.45, 2.75) is 12.8 Å². The van der Waals surface area contributed by atoms with Gasteiger partial charge < -0.3 is 4.42 Å². The van der Waals surface area contributed by atoms with E-state index in [2.05, 4.69) is 200 Å². The molecule has 12 rings (SSSR count). The summed E-state index contributed by atoms with van der Waals surface area (Å²) in [6.45, 7) is 0. The van der Waals surface area contributed by atoms with Crippen LogP contribution < -0.4 is 0 Å². The van der Waals surface area contributed by atoms with E-state index < -0.39 is 0 Å². The lowest BCUT2D eigenvalue weighted by molar-refractivity contribution is 0.654. The highest BCUT2D eigenvalue weighted by atomic mass is 16.3. The molecule has 0 N–H and O–H groups in total. The van der Waals surface area contributed by atoms with E-state index in [0.29, 0.717) is 11.5 Å². The van der Waals surface area contributed by atoms with Gasteiger partial charge in [-0.1, -0.05) is 176 Å². The molecule has 0 spiro atoms. The SMILES string of the molecule is C1=Cc2c(c3ccccc3c3cc(-c4cccc(-c5nc(-c6ccc(-c7ccccc7)cc6)c6c(n5)oc5cc(-c7cccc(-c8ccccc8)c7)ccc56)c4)ccc23)CC1. The van der Waals surface area contributed by atoms with Crippen LogP contribution in [0.2, 0.25) is 0 Å². The monoisotopic (exact) mass is 778 g/mol. The number of hydrogen-bond donors (Lipinski definition) is 0. The van der Waals surface area contributed by atoms with Gasteiger partial charge in [-0.25, -0.2) is 4.98 Å². The van der Waals surface area contributed by atoms with Crippen LogP contribution in [0.25, 0.3) is 117 Å². The van der Waals surface area contributed by atoms with Gasteiger partial charge in [0.1, 0.15) is 5.58 Å². The van der Waals surface area contributed by atoms with E-state index >= 15 is 0 Å². The summed E-state index contributed by atoms with van der Waals surface area (Å²) in [5, 5.41) is 7.13. The van der Waals surface area contributed by atoms with E-state index in [-0.39, 0.29) is 0 Å². The molecule has 0 radical (unpaired) electrons. The van der Waals surface area contributed by atoms with Crippen LogP contribution in [0.15, 0.2) is 205 Å². The van der Waals surface area contributed by atoms with E-state index in [4.69, 9.17) is 14.4 Å². The van der Waals surface area contributed by atoms with Crippen molar-refractivity contribution in [3.63, 3.8) is 0 Å². The number of hydrogen-bond acceptors (Lipinski definition) is 3. The summed E-state index contributed by atoms with van der Waals surface area (Å²) in [6.07, 6.45) is 6.78. The van der Waals surface area contributed by atoms with Gasteiger partial charge in [0.15, 0.2) is 5.82 Å². The number of furan rings is 1. The second-order valence-corrected chi connectivity index (χ2v) is 16.0. The molecule has 0 atom stereocenters. The van der Waals surface area contributed by atoms with Crippen molar-refractivity contribution in [2.24, 2.45) is 0 Å². The lowest BCUT2D eigenvalue weighted by Gasteiger charge is -2.18. The van der Waals surface area contributed by atoms with Crippen LogP contribution in [-0.2, 0) is 6.42 Å². The normalized spacial score (nSPS) is 12.4. The molecule has 286 valence electrons. The minimum absolute atomic E-state index is 0.567. The molecule has 0 aliphatic heterocycles. The molecular weight excluding hydrogens is 741 g/mol. The maximum atomic E-state index is 6.74. The Labute approximate surface area is 353 Å². The summed E-state index contributed by atoms with van der Waals surface area (Å²) < 4.78 is 6.74. The predicted octanol–water partition coefficient (Wildman–Crippen LogP) is 15.6. The fourth-order valence-electron chi connectivity index (χ4n) is 9.35. The predicted molar refractivity (Wildman–Crippen MR) is 254 cm³/mol. The van der Waals surface area contributed by atoms with Crippen molar-refractivity contribution in [3.05, 3.63) is 211 Å². The van der Waals surface area contributed by atoms with Crippen LogP contribution in [0.4, 0.5) is 0 Å². The molecule has 0 amide bonds. The number of fused-ring (bicyclic) bond motifs is 9. The summed E-state index contributed by atoms with van der Waals surface area (Å²) in [5.41, 5.74) is 16.1. The maximum absolute atomic E-state index is 6.74. The van der Waals surface area contributed by atoms with Crippen LogP contribution in [0.5, 0.6) is 0 Å². The topological polar surface area (TPSA) is 38.9 Å². The summed E-state index contributed by atoms with van der Waals surface area (Å²) >= 11 is 0. The molecule has 2 heterocycles. The van der Waals surface area contributed by atoms with Gasteiger partial charge in [0, 0.05) is 16.5 Å². The molecule has 61 heavy (non-hydrogen) atoms. The third kappa shape index (κ3) is 6.13. The number of benzene rings is 9. The van der Waals surface area contributed by atoms with Gasteiger partial charge in [-0.05, 0) is 120 Å². The molecule has 11 aromatic rings. The first kappa shape index (κ1) is 35.1. The summed E-state index contributed by atoms with van der Waals surface area (Å²) in [5.74, 6) is 0.622. The van der Waals surface area contributed by atoms with Crippen molar-refractivity contribution in [1.82, 2.24) is 9.97 Å². The Bertz CT molecular complexity index is 3510. The molecule has 9 aromatic carbocycles. The minimum atomic E-state index is 0.567. The molecule has 3 nitrogen and oxygen atoms in total. The molecule has 0 saturated carbocycles. The highest BCUT2D eigenvalue weighted by molar-refractivity contribution is 6.14. The van der Waals surface area contributed by atoms with Crippen molar-refractivity contribution in [2.75, 3.05) is 0 Å². The zero-order valence-corrected chi connectivity index (χ0v) is 33.3. The number of rotatable bonds is 6. The van der Waals surface area contributed by atoms with E-state index in [0.717, 1.165) is 73.8 Å². The van der Waals surface area contributed by atoms with Crippen LogP contribution in [-0.4, -0.2) is 9.97 Å². The van der Waals surface area contributed by atoms with Crippen molar-refractivity contribution < 1.29 is 4.42 Å². The van der Waals surface area contributed by atoms with Gasteiger partial charge in [0.05, 0.1) is 11.1 Å². The van der Waals surface area contributed by atoms with Crippen molar-refractivity contribution in [3.8, 4) is 67.2 Å². The van der Waals surface area contributed by atoms with E-state index in [1.807, 2.05) is 6.07 Å². The molecule has 0 saturated heterocycles. The summed E-state index contributed by atoms with van der Waals surface area (Å²) in [4.78, 5) is 10.6. The maximum Gasteiger partial charge on any atom is 0.231 e. The largest absolute Gasteiger partial charge is 0.438 e. The Morgan fingerprint density at radius 3 is 1.67 bits per heavy atom. The zero-order valence-electron chi connectivity index (χ0n) is 33.3. The second kappa shape index (κ2) is 14.4. The Balaban J connectivity index is 0.998. The Morgan fingerprint density at radius 2 is 0.918 bits per heavy atom. The molecule has 1 aliphatic carbocycles. The average molecular weight is 779 g/mol. The first-order chi connectivity index (χ1) is 30.2. The number of aryl methyl sites for hydroxylation is 1. The van der Waals surface area contributed by atoms with Crippen molar-refractivity contribution in [1.29, 1.82) is 0 Å². The highest BCUT2D eigenvalue weighted by Gasteiger charge is 2.20. The number of allylic oxidation sites excluding steroid dienone is 1. The Kier molecular flexibility index (Phi) is 8.31. The van der Waals surface area contributed by atoms with E-state index in [1.165, 1.54) is 49.4 Å². The lowest BCUT2D eigenvalue weighted by Crippen LogP contribution is -1.98. The van der Waals surface area contributed by atoms with E-state index in [1.54, 1.807) is 0 Å². The summed E-state index contributed by atoms with van der Waals surface area (Å²) in [6, 6.07) is 69.2. The fourth-order valence-corrected chi connectivity index (χ4v) is 9.35. The van der Waals surface area contributed by atoms with Crippen LogP contribution in [0.3, 0.4) is 0 Å². The average Bonchev–Trinajstić information content (AvgIpc) is 3.72. The zero-order chi connectivity index (χ0) is 40.3. The van der Waals surface area contributed by atoms with Gasteiger partial charge in [-0.3, -0.25) is 0 Å². The molecule has 0 bridgehead atoms. The van der Waals surface area contributed by atoms with Gasteiger partial charge >= 0.3 is 0 Å². The Morgan fingerprint density at radius 1 is 0.377 bits per heavy atom. The number of aromatic nitrogens is 2. The van der Waals surface area contributed by atoms with Crippen LogP contribution in [0.1, 0.15) is 17.5 Å². The third-order valence-electron chi connectivity index (χ3n) is 12.4. The summed E-state index contributed by atoms with van der Waals surface area (Å²) in [7, 11) is 0.